The van der Waals surface area contributed by atoms with Crippen LogP contribution >= 0.6 is 7.82 Å². The third-order valence-electron chi connectivity index (χ3n) is 11.6. The lowest BCUT2D eigenvalue weighted by Gasteiger charge is -2.20. The van der Waals surface area contributed by atoms with E-state index in [1.54, 1.807) is 0 Å². The monoisotopic (exact) mass is 915 g/mol. The first-order valence-corrected chi connectivity index (χ1v) is 27.8. The van der Waals surface area contributed by atoms with Gasteiger partial charge in [-0.1, -0.05) is 224 Å². The van der Waals surface area contributed by atoms with Crippen molar-refractivity contribution in [3.05, 3.63) is 24.3 Å². The van der Waals surface area contributed by atoms with E-state index in [1.165, 1.54) is 167 Å². The van der Waals surface area contributed by atoms with Crippen LogP contribution in [0.3, 0.4) is 0 Å². The number of rotatable bonds is 50. The van der Waals surface area contributed by atoms with Gasteiger partial charge in [-0.15, -0.1) is 0 Å². The molecule has 3 atom stereocenters. The molecular weight excluding hydrogens is 816 g/mol. The van der Waals surface area contributed by atoms with Crippen LogP contribution in [0.15, 0.2) is 24.3 Å². The largest absolute Gasteiger partial charge is 0.472 e. The van der Waals surface area contributed by atoms with Crippen molar-refractivity contribution in [3.63, 3.8) is 0 Å². The van der Waals surface area contributed by atoms with E-state index in [0.717, 1.165) is 51.4 Å². The molecule has 1 unspecified atom stereocenters. The molecule has 0 aromatic heterocycles. The van der Waals surface area contributed by atoms with Crippen molar-refractivity contribution < 1.29 is 47.8 Å². The predicted molar refractivity (Wildman–Crippen MR) is 261 cm³/mol. The number of ether oxygens (including phenoxy) is 2. The van der Waals surface area contributed by atoms with Gasteiger partial charge in [-0.05, 0) is 44.9 Å². The highest BCUT2D eigenvalue weighted by molar-refractivity contribution is 7.47. The number of hydrogen-bond acceptors (Lipinski definition) is 9. The molecule has 0 aromatic rings. The zero-order valence-electron chi connectivity index (χ0n) is 40.8. The average molecular weight is 915 g/mol. The van der Waals surface area contributed by atoms with Crippen LogP contribution in [-0.4, -0.2) is 65.7 Å². The van der Waals surface area contributed by atoms with Crippen LogP contribution in [0.5, 0.6) is 0 Å². The van der Waals surface area contributed by atoms with Gasteiger partial charge < -0.3 is 24.6 Å². The summed E-state index contributed by atoms with van der Waals surface area (Å²) in [6, 6.07) is 0. The Balaban J connectivity index is 4.12. The molecule has 0 radical (unpaired) electrons. The summed E-state index contributed by atoms with van der Waals surface area (Å²) in [6.07, 6.45) is 51.5. The molecule has 0 aliphatic rings. The lowest BCUT2D eigenvalue weighted by molar-refractivity contribution is -0.161. The number of aliphatic hydroxyl groups is 2. The zero-order valence-corrected chi connectivity index (χ0v) is 41.7. The molecule has 0 saturated carbocycles. The van der Waals surface area contributed by atoms with E-state index in [-0.39, 0.29) is 19.4 Å². The number of phosphoric ester groups is 1. The van der Waals surface area contributed by atoms with Crippen LogP contribution < -0.4 is 0 Å². The summed E-state index contributed by atoms with van der Waals surface area (Å²) in [5, 5.41) is 18.4. The van der Waals surface area contributed by atoms with Crippen molar-refractivity contribution in [2.24, 2.45) is 0 Å². The number of hydrogen-bond donors (Lipinski definition) is 3. The van der Waals surface area contributed by atoms with Crippen LogP contribution in [0.4, 0.5) is 0 Å². The van der Waals surface area contributed by atoms with Gasteiger partial charge in [-0.2, -0.15) is 0 Å². The lowest BCUT2D eigenvalue weighted by Crippen LogP contribution is -2.29. The fraction of sp³-hybridized carbons (Fsp3) is 0.885. The highest BCUT2D eigenvalue weighted by atomic mass is 31.2. The molecule has 0 rings (SSSR count). The minimum absolute atomic E-state index is 0.188. The Morgan fingerprint density at radius 3 is 1.25 bits per heavy atom. The Labute approximate surface area is 387 Å². The normalized spacial score (nSPS) is 13.8. The molecule has 11 heteroatoms. The van der Waals surface area contributed by atoms with E-state index < -0.39 is 51.8 Å². The van der Waals surface area contributed by atoms with E-state index in [0.29, 0.717) is 12.8 Å². The van der Waals surface area contributed by atoms with E-state index in [4.69, 9.17) is 23.6 Å². The summed E-state index contributed by atoms with van der Waals surface area (Å²) in [7, 11) is -4.62. The first-order valence-electron chi connectivity index (χ1n) is 26.3. The average Bonchev–Trinajstić information content (AvgIpc) is 3.27. The van der Waals surface area contributed by atoms with Crippen molar-refractivity contribution >= 4 is 19.8 Å². The molecule has 0 saturated heterocycles. The van der Waals surface area contributed by atoms with Crippen molar-refractivity contribution in [3.8, 4) is 0 Å². The van der Waals surface area contributed by atoms with Gasteiger partial charge in [0.25, 0.3) is 0 Å². The maximum atomic E-state index is 12.7. The highest BCUT2D eigenvalue weighted by Gasteiger charge is 2.27. The van der Waals surface area contributed by atoms with Gasteiger partial charge in [-0.25, -0.2) is 4.57 Å². The Kier molecular flexibility index (Phi) is 47.2. The minimum Gasteiger partial charge on any atom is -0.462 e. The molecule has 0 bridgehead atoms. The predicted octanol–water partition coefficient (Wildman–Crippen LogP) is 14.9. The highest BCUT2D eigenvalue weighted by Crippen LogP contribution is 2.43. The standard InChI is InChI=1S/C52H99O10P/c1-3-5-7-9-11-13-15-17-19-21-22-23-24-25-26-28-30-32-34-36-38-40-42-44-52(56)62-50(48-61-63(57,58)60-46-49(54)45-53)47-59-51(55)43-41-39-37-35-33-31-29-27-20-18-16-14-12-10-8-6-4-2/h12,14,18,20,49-50,53-54H,3-11,13,15-17,19,21-48H2,1-2H3,(H,57,58)/b14-12+,20-18+/t49-,50+/m0/s1. The summed E-state index contributed by atoms with van der Waals surface area (Å²) >= 11 is 0. The molecule has 0 amide bonds. The van der Waals surface area contributed by atoms with Crippen molar-refractivity contribution in [2.75, 3.05) is 26.4 Å². The van der Waals surface area contributed by atoms with Crippen LogP contribution in [0.2, 0.25) is 0 Å². The van der Waals surface area contributed by atoms with E-state index in [1.807, 2.05) is 0 Å². The first-order chi connectivity index (χ1) is 30.7. The van der Waals surface area contributed by atoms with Gasteiger partial charge in [0.1, 0.15) is 12.7 Å². The summed E-state index contributed by atoms with van der Waals surface area (Å²) in [4.78, 5) is 35.2. The summed E-state index contributed by atoms with van der Waals surface area (Å²) in [6.45, 7) is 2.40. The van der Waals surface area contributed by atoms with Crippen LogP contribution in [0, 0.1) is 0 Å². The number of unbranched alkanes of at least 4 members (excludes halogenated alkanes) is 32. The first kappa shape index (κ1) is 61.5. The molecule has 0 aliphatic carbocycles. The SMILES string of the molecule is CCCCC/C=C/C/C=C/CCCCCCCCCC(=O)OC[C@H](COP(=O)(O)OC[C@@H](O)CO)OC(=O)CCCCCCCCCCCCCCCCCCCCCCCCC. The Morgan fingerprint density at radius 2 is 0.825 bits per heavy atom. The van der Waals surface area contributed by atoms with Crippen molar-refractivity contribution in [1.82, 2.24) is 0 Å². The Morgan fingerprint density at radius 1 is 0.476 bits per heavy atom. The number of esters is 2. The maximum Gasteiger partial charge on any atom is 0.472 e. The van der Waals surface area contributed by atoms with Gasteiger partial charge >= 0.3 is 19.8 Å². The van der Waals surface area contributed by atoms with Crippen LogP contribution in [0.1, 0.15) is 258 Å². The molecule has 0 spiro atoms. The molecule has 3 N–H and O–H groups in total. The summed E-state index contributed by atoms with van der Waals surface area (Å²) in [5.74, 6) is -0.920. The second kappa shape index (κ2) is 48.4. The molecule has 372 valence electrons. The second-order valence-corrected chi connectivity index (χ2v) is 19.4. The second-order valence-electron chi connectivity index (χ2n) is 17.9. The number of carbonyl (C=O) groups excluding carboxylic acids is 2. The molecule has 0 heterocycles. The smallest absolute Gasteiger partial charge is 0.462 e. The van der Waals surface area contributed by atoms with Gasteiger partial charge in [0.2, 0.25) is 0 Å². The summed E-state index contributed by atoms with van der Waals surface area (Å²) in [5.41, 5.74) is 0. The van der Waals surface area contributed by atoms with Crippen LogP contribution in [0.25, 0.3) is 0 Å². The van der Waals surface area contributed by atoms with Crippen LogP contribution in [-0.2, 0) is 32.7 Å². The summed E-state index contributed by atoms with van der Waals surface area (Å²) < 4.78 is 32.9. The van der Waals surface area contributed by atoms with E-state index in [2.05, 4.69) is 38.2 Å². The molecule has 0 fully saturated rings. The van der Waals surface area contributed by atoms with Gasteiger partial charge in [0.05, 0.1) is 19.8 Å². The molecule has 63 heavy (non-hydrogen) atoms. The van der Waals surface area contributed by atoms with Gasteiger partial charge in [0.15, 0.2) is 6.10 Å². The molecule has 10 nitrogen and oxygen atoms in total. The zero-order chi connectivity index (χ0) is 46.2. The van der Waals surface area contributed by atoms with E-state index >= 15 is 0 Å². The fourth-order valence-electron chi connectivity index (χ4n) is 7.56. The molecule has 0 aliphatic heterocycles. The number of carbonyl (C=O) groups is 2. The number of allylic oxidation sites excluding steroid dienone is 4. The Hall–Kier alpha value is -1.55. The van der Waals surface area contributed by atoms with E-state index in [9.17, 15) is 24.2 Å². The third-order valence-corrected chi connectivity index (χ3v) is 12.6. The topological polar surface area (TPSA) is 149 Å². The van der Waals surface area contributed by atoms with Crippen molar-refractivity contribution in [2.45, 2.75) is 270 Å². The number of phosphoric acid groups is 1. The molecule has 0 aromatic carbocycles. The minimum atomic E-state index is -4.62. The van der Waals surface area contributed by atoms with Crippen molar-refractivity contribution in [1.29, 1.82) is 0 Å². The molecular formula is C52H99O10P. The number of aliphatic hydroxyl groups excluding tert-OH is 2. The van der Waals surface area contributed by atoms with Gasteiger partial charge in [-0.3, -0.25) is 18.6 Å². The third kappa shape index (κ3) is 48.2. The quantitative estimate of drug-likeness (QED) is 0.0233. The lowest BCUT2D eigenvalue weighted by atomic mass is 10.0. The fourth-order valence-corrected chi connectivity index (χ4v) is 8.35. The maximum absolute atomic E-state index is 12.7. The van der Waals surface area contributed by atoms with Gasteiger partial charge in [0, 0.05) is 12.8 Å². The Bertz CT molecular complexity index is 1100.